The molecule has 0 aliphatic carbocycles. The molecule has 1 unspecified atom stereocenters. The SMILES string of the molecule is CCC1(CC)CN(c2cc(F)cc(F)c2F)C(C)CN1. The van der Waals surface area contributed by atoms with E-state index in [2.05, 4.69) is 19.2 Å². The minimum atomic E-state index is -1.13. The summed E-state index contributed by atoms with van der Waals surface area (Å²) >= 11 is 0. The van der Waals surface area contributed by atoms with E-state index < -0.39 is 17.5 Å². The van der Waals surface area contributed by atoms with Crippen LogP contribution in [0.25, 0.3) is 0 Å². The van der Waals surface area contributed by atoms with E-state index in [0.717, 1.165) is 18.9 Å². The van der Waals surface area contributed by atoms with Gasteiger partial charge in [0, 0.05) is 36.8 Å². The molecule has 2 rings (SSSR count). The Morgan fingerprint density at radius 3 is 2.50 bits per heavy atom. The molecule has 20 heavy (non-hydrogen) atoms. The highest BCUT2D eigenvalue weighted by atomic mass is 19.2. The van der Waals surface area contributed by atoms with Crippen LogP contribution in [0.4, 0.5) is 18.9 Å². The molecule has 2 nitrogen and oxygen atoms in total. The number of hydrogen-bond acceptors (Lipinski definition) is 2. The van der Waals surface area contributed by atoms with Gasteiger partial charge in [-0.1, -0.05) is 13.8 Å². The zero-order valence-corrected chi connectivity index (χ0v) is 12.1. The molecule has 1 aliphatic heterocycles. The maximum atomic E-state index is 14.0. The Morgan fingerprint density at radius 2 is 1.90 bits per heavy atom. The Bertz CT molecular complexity index is 486. The normalized spacial score (nSPS) is 22.1. The van der Waals surface area contributed by atoms with Crippen molar-refractivity contribution in [3.8, 4) is 0 Å². The third kappa shape index (κ3) is 2.64. The smallest absolute Gasteiger partial charge is 0.182 e. The van der Waals surface area contributed by atoms with Gasteiger partial charge in [-0.05, 0) is 19.8 Å². The average Bonchev–Trinajstić information content (AvgIpc) is 2.44. The number of nitrogens with zero attached hydrogens (tertiary/aromatic N) is 1. The summed E-state index contributed by atoms with van der Waals surface area (Å²) in [5.74, 6) is -2.85. The summed E-state index contributed by atoms with van der Waals surface area (Å²) in [6.45, 7) is 7.26. The maximum Gasteiger partial charge on any atom is 0.182 e. The second kappa shape index (κ2) is 5.64. The lowest BCUT2D eigenvalue weighted by Gasteiger charge is -2.47. The van der Waals surface area contributed by atoms with Crippen LogP contribution in [0.3, 0.4) is 0 Å². The zero-order valence-electron chi connectivity index (χ0n) is 12.1. The average molecular weight is 286 g/mol. The second-order valence-electron chi connectivity index (χ2n) is 5.57. The van der Waals surface area contributed by atoms with Crippen LogP contribution in [0.15, 0.2) is 12.1 Å². The van der Waals surface area contributed by atoms with Crippen LogP contribution in [0.5, 0.6) is 0 Å². The van der Waals surface area contributed by atoms with Gasteiger partial charge in [-0.3, -0.25) is 0 Å². The monoisotopic (exact) mass is 286 g/mol. The van der Waals surface area contributed by atoms with E-state index in [1.54, 1.807) is 4.90 Å². The van der Waals surface area contributed by atoms with Crippen molar-refractivity contribution in [1.29, 1.82) is 0 Å². The third-order valence-corrected chi connectivity index (χ3v) is 4.41. The number of benzene rings is 1. The summed E-state index contributed by atoms with van der Waals surface area (Å²) in [6, 6.07) is 1.64. The van der Waals surface area contributed by atoms with Gasteiger partial charge in [0.05, 0.1) is 5.69 Å². The predicted octanol–water partition coefficient (Wildman–Crippen LogP) is 3.46. The number of piperazine rings is 1. The van der Waals surface area contributed by atoms with Crippen LogP contribution in [-0.2, 0) is 0 Å². The van der Waals surface area contributed by atoms with Gasteiger partial charge >= 0.3 is 0 Å². The van der Waals surface area contributed by atoms with Crippen molar-refractivity contribution >= 4 is 5.69 Å². The van der Waals surface area contributed by atoms with E-state index in [1.807, 2.05) is 6.92 Å². The minimum Gasteiger partial charge on any atom is -0.363 e. The van der Waals surface area contributed by atoms with Crippen molar-refractivity contribution in [2.24, 2.45) is 0 Å². The Balaban J connectivity index is 2.39. The lowest BCUT2D eigenvalue weighted by Crippen LogP contribution is -2.63. The van der Waals surface area contributed by atoms with E-state index in [1.165, 1.54) is 0 Å². The van der Waals surface area contributed by atoms with E-state index in [-0.39, 0.29) is 17.3 Å². The molecule has 1 aliphatic rings. The van der Waals surface area contributed by atoms with Gasteiger partial charge < -0.3 is 10.2 Å². The van der Waals surface area contributed by atoms with Gasteiger partial charge in [0.1, 0.15) is 5.82 Å². The number of halogens is 3. The molecule has 112 valence electrons. The van der Waals surface area contributed by atoms with Crippen LogP contribution >= 0.6 is 0 Å². The molecule has 1 aromatic carbocycles. The van der Waals surface area contributed by atoms with Crippen molar-refractivity contribution < 1.29 is 13.2 Å². The minimum absolute atomic E-state index is 0.0165. The molecule has 1 aromatic rings. The van der Waals surface area contributed by atoms with Gasteiger partial charge in [-0.2, -0.15) is 0 Å². The first kappa shape index (κ1) is 15.2. The number of rotatable bonds is 3. The van der Waals surface area contributed by atoms with Crippen LogP contribution < -0.4 is 10.2 Å². The second-order valence-corrected chi connectivity index (χ2v) is 5.57. The summed E-state index contributed by atoms with van der Waals surface area (Å²) < 4.78 is 40.8. The van der Waals surface area contributed by atoms with Crippen molar-refractivity contribution in [3.05, 3.63) is 29.6 Å². The standard InChI is InChI=1S/C15H21F3N2/c1-4-15(5-2)9-20(10(3)8-19-15)13-7-11(16)6-12(17)14(13)18/h6-7,10,19H,4-5,8-9H2,1-3H3. The Morgan fingerprint density at radius 1 is 1.25 bits per heavy atom. The highest BCUT2D eigenvalue weighted by Crippen LogP contribution is 2.30. The Kier molecular flexibility index (Phi) is 4.28. The molecule has 0 bridgehead atoms. The molecule has 0 aromatic heterocycles. The number of hydrogen-bond donors (Lipinski definition) is 1. The fraction of sp³-hybridized carbons (Fsp3) is 0.600. The van der Waals surface area contributed by atoms with Gasteiger partial charge in [0.2, 0.25) is 0 Å². The van der Waals surface area contributed by atoms with Gasteiger partial charge in [-0.25, -0.2) is 13.2 Å². The van der Waals surface area contributed by atoms with Crippen LogP contribution in [-0.4, -0.2) is 24.7 Å². The predicted molar refractivity (Wildman–Crippen MR) is 74.4 cm³/mol. The largest absolute Gasteiger partial charge is 0.363 e. The number of nitrogens with one attached hydrogen (secondary N) is 1. The van der Waals surface area contributed by atoms with Gasteiger partial charge in [-0.15, -0.1) is 0 Å². The highest BCUT2D eigenvalue weighted by molar-refractivity contribution is 5.50. The van der Waals surface area contributed by atoms with Gasteiger partial charge in [0.25, 0.3) is 0 Å². The topological polar surface area (TPSA) is 15.3 Å². The molecule has 1 N–H and O–H groups in total. The first-order valence-electron chi connectivity index (χ1n) is 7.08. The third-order valence-electron chi connectivity index (χ3n) is 4.41. The van der Waals surface area contributed by atoms with Crippen molar-refractivity contribution in [2.75, 3.05) is 18.0 Å². The van der Waals surface area contributed by atoms with E-state index in [4.69, 9.17) is 0 Å². The summed E-state index contributed by atoms with van der Waals surface area (Å²) in [7, 11) is 0. The molecule has 1 atom stereocenters. The summed E-state index contributed by atoms with van der Waals surface area (Å²) in [4.78, 5) is 1.77. The lowest BCUT2D eigenvalue weighted by atomic mass is 9.88. The quantitative estimate of drug-likeness (QED) is 0.856. The van der Waals surface area contributed by atoms with Crippen LogP contribution in [0.2, 0.25) is 0 Å². The summed E-state index contributed by atoms with van der Waals surface area (Å²) in [5, 5.41) is 3.48. The Hall–Kier alpha value is -1.23. The van der Waals surface area contributed by atoms with Crippen molar-refractivity contribution in [3.63, 3.8) is 0 Å². The van der Waals surface area contributed by atoms with Gasteiger partial charge in [0.15, 0.2) is 11.6 Å². The zero-order chi connectivity index (χ0) is 14.9. The first-order chi connectivity index (χ1) is 9.42. The van der Waals surface area contributed by atoms with Crippen molar-refractivity contribution in [1.82, 2.24) is 5.32 Å². The van der Waals surface area contributed by atoms with E-state index >= 15 is 0 Å². The lowest BCUT2D eigenvalue weighted by molar-refractivity contribution is 0.252. The fourth-order valence-electron chi connectivity index (χ4n) is 2.81. The molecule has 0 radical (unpaired) electrons. The number of anilines is 1. The molecule has 5 heteroatoms. The van der Waals surface area contributed by atoms with Crippen LogP contribution in [0.1, 0.15) is 33.6 Å². The molecular weight excluding hydrogens is 265 g/mol. The van der Waals surface area contributed by atoms with Crippen molar-refractivity contribution in [2.45, 2.75) is 45.2 Å². The van der Waals surface area contributed by atoms with E-state index in [0.29, 0.717) is 19.2 Å². The van der Waals surface area contributed by atoms with Crippen LogP contribution in [0, 0.1) is 17.5 Å². The highest BCUT2D eigenvalue weighted by Gasteiger charge is 2.36. The maximum absolute atomic E-state index is 14.0. The molecule has 0 spiro atoms. The van der Waals surface area contributed by atoms with E-state index in [9.17, 15) is 13.2 Å². The summed E-state index contributed by atoms with van der Waals surface area (Å²) in [6.07, 6.45) is 1.76. The molecule has 1 fully saturated rings. The molecule has 1 saturated heterocycles. The molecule has 0 amide bonds. The Labute approximate surface area is 118 Å². The summed E-state index contributed by atoms with van der Waals surface area (Å²) in [5.41, 5.74) is -0.121. The first-order valence-corrected chi connectivity index (χ1v) is 7.08. The molecule has 0 saturated carbocycles. The molecule has 1 heterocycles. The molecular formula is C15H21F3N2. The fourth-order valence-corrected chi connectivity index (χ4v) is 2.81.